The van der Waals surface area contributed by atoms with Gasteiger partial charge < -0.3 is 5.11 Å². The van der Waals surface area contributed by atoms with Gasteiger partial charge in [0.2, 0.25) is 0 Å². The fourth-order valence-corrected chi connectivity index (χ4v) is 5.75. The molecular formula is C12H18N2O3S. The Morgan fingerprint density at radius 3 is 2.56 bits per heavy atom. The fraction of sp³-hybridized carbons (Fsp3) is 0.750. The summed E-state index contributed by atoms with van der Waals surface area (Å²) in [6, 6.07) is 0. The Balaban J connectivity index is 1.94. The van der Waals surface area contributed by atoms with Crippen LogP contribution in [-0.4, -0.2) is 33.8 Å². The molecule has 2 bridgehead atoms. The molecule has 3 heterocycles. The molecule has 1 N–H and O–H groups in total. The molecule has 3 rings (SSSR count). The number of aryl methyl sites for hydroxylation is 1. The number of sulfone groups is 1. The van der Waals surface area contributed by atoms with Gasteiger partial charge in [-0.3, -0.25) is 4.68 Å². The van der Waals surface area contributed by atoms with Crippen LogP contribution in [0, 0.1) is 0 Å². The average molecular weight is 270 g/mol. The van der Waals surface area contributed by atoms with Crippen molar-refractivity contribution in [3.8, 4) is 0 Å². The number of aliphatic hydroxyl groups is 1. The normalized spacial score (nSPS) is 37.9. The summed E-state index contributed by atoms with van der Waals surface area (Å²) in [6.45, 7) is 2.73. The summed E-state index contributed by atoms with van der Waals surface area (Å²) in [5.41, 5.74) is -0.249. The smallest absolute Gasteiger partial charge is 0.156 e. The zero-order valence-corrected chi connectivity index (χ0v) is 11.2. The Hall–Kier alpha value is -0.880. The summed E-state index contributed by atoms with van der Waals surface area (Å²) in [5, 5.41) is 14.2. The molecule has 100 valence electrons. The van der Waals surface area contributed by atoms with Crippen LogP contribution < -0.4 is 0 Å². The van der Waals surface area contributed by atoms with Gasteiger partial charge in [0.05, 0.1) is 22.3 Å². The highest BCUT2D eigenvalue weighted by Gasteiger charge is 2.53. The Labute approximate surface area is 107 Å². The van der Waals surface area contributed by atoms with Gasteiger partial charge in [-0.1, -0.05) is 0 Å². The van der Waals surface area contributed by atoms with Crippen LogP contribution in [0.15, 0.2) is 12.4 Å². The largest absolute Gasteiger partial charge is 0.385 e. The quantitative estimate of drug-likeness (QED) is 0.864. The molecular weight excluding hydrogens is 252 g/mol. The molecule has 0 aliphatic carbocycles. The minimum absolute atomic E-state index is 0.321. The van der Waals surface area contributed by atoms with Gasteiger partial charge in [-0.05, 0) is 32.6 Å². The van der Waals surface area contributed by atoms with Crippen molar-refractivity contribution >= 4 is 9.84 Å². The van der Waals surface area contributed by atoms with E-state index in [0.29, 0.717) is 25.7 Å². The van der Waals surface area contributed by atoms with E-state index in [1.54, 1.807) is 10.9 Å². The summed E-state index contributed by atoms with van der Waals surface area (Å²) in [5.74, 6) is 0. The van der Waals surface area contributed by atoms with E-state index >= 15 is 0 Å². The van der Waals surface area contributed by atoms with Gasteiger partial charge in [0.15, 0.2) is 9.84 Å². The molecule has 0 spiro atoms. The highest BCUT2D eigenvalue weighted by molar-refractivity contribution is 7.93. The van der Waals surface area contributed by atoms with E-state index in [2.05, 4.69) is 5.10 Å². The molecule has 2 aliphatic rings. The topological polar surface area (TPSA) is 72.2 Å². The molecule has 2 fully saturated rings. The minimum Gasteiger partial charge on any atom is -0.385 e. The lowest BCUT2D eigenvalue weighted by molar-refractivity contribution is 0.0172. The highest BCUT2D eigenvalue weighted by atomic mass is 32.2. The van der Waals surface area contributed by atoms with E-state index in [9.17, 15) is 13.5 Å². The number of hydrogen-bond acceptors (Lipinski definition) is 4. The number of rotatable bonds is 2. The molecule has 0 saturated carbocycles. The Morgan fingerprint density at radius 2 is 2.06 bits per heavy atom. The lowest BCUT2D eigenvalue weighted by Crippen LogP contribution is -2.42. The Kier molecular flexibility index (Phi) is 2.57. The predicted octanol–water partition coefficient (Wildman–Crippen LogP) is 0.830. The lowest BCUT2D eigenvalue weighted by Gasteiger charge is -2.35. The number of fused-ring (bicyclic) bond motifs is 2. The maximum absolute atomic E-state index is 12.0. The lowest BCUT2D eigenvalue weighted by atomic mass is 9.88. The monoisotopic (exact) mass is 270 g/mol. The van der Waals surface area contributed by atoms with Crippen molar-refractivity contribution in [1.82, 2.24) is 9.78 Å². The molecule has 0 aromatic carbocycles. The van der Waals surface area contributed by atoms with E-state index in [4.69, 9.17) is 0 Å². The highest BCUT2D eigenvalue weighted by Crippen LogP contribution is 2.47. The first-order valence-electron chi connectivity index (χ1n) is 6.44. The number of nitrogens with zero attached hydrogens (tertiary/aromatic N) is 2. The van der Waals surface area contributed by atoms with Crippen LogP contribution in [0.2, 0.25) is 0 Å². The fourth-order valence-electron chi connectivity index (χ4n) is 3.26. The summed E-state index contributed by atoms with van der Waals surface area (Å²) in [6.07, 6.45) is 5.52. The maximum atomic E-state index is 12.0. The van der Waals surface area contributed by atoms with Crippen LogP contribution in [0.4, 0.5) is 0 Å². The van der Waals surface area contributed by atoms with Gasteiger partial charge in [-0.25, -0.2) is 8.42 Å². The van der Waals surface area contributed by atoms with Gasteiger partial charge in [0.25, 0.3) is 0 Å². The zero-order chi connectivity index (χ0) is 13.0. The molecule has 0 amide bonds. The van der Waals surface area contributed by atoms with Crippen molar-refractivity contribution in [3.05, 3.63) is 18.0 Å². The van der Waals surface area contributed by atoms with E-state index in [0.717, 1.165) is 12.1 Å². The maximum Gasteiger partial charge on any atom is 0.156 e. The van der Waals surface area contributed by atoms with E-state index in [1.165, 1.54) is 0 Å². The van der Waals surface area contributed by atoms with Gasteiger partial charge in [-0.2, -0.15) is 5.10 Å². The standard InChI is InChI=1S/C12H18N2O3S/c1-2-14-8-9(7-13-14)12(15)5-10-3-4-11(6-12)18(10,16)17/h7-8,10-11,15H,2-6H2,1H3. The number of hydrogen-bond donors (Lipinski definition) is 1. The van der Waals surface area contributed by atoms with Crippen molar-refractivity contribution in [2.45, 2.75) is 55.3 Å². The first-order chi connectivity index (χ1) is 8.45. The first-order valence-corrected chi connectivity index (χ1v) is 8.05. The van der Waals surface area contributed by atoms with E-state index in [-0.39, 0.29) is 10.5 Å². The first kappa shape index (κ1) is 12.2. The van der Waals surface area contributed by atoms with Crippen molar-refractivity contribution in [1.29, 1.82) is 0 Å². The molecule has 18 heavy (non-hydrogen) atoms. The van der Waals surface area contributed by atoms with Crippen molar-refractivity contribution in [2.75, 3.05) is 0 Å². The van der Waals surface area contributed by atoms with E-state index < -0.39 is 15.4 Å². The van der Waals surface area contributed by atoms with Crippen LogP contribution in [0.1, 0.15) is 38.2 Å². The molecule has 1 aromatic heterocycles. The second kappa shape index (κ2) is 3.81. The Morgan fingerprint density at radius 1 is 1.44 bits per heavy atom. The third-order valence-corrected chi connectivity index (χ3v) is 7.03. The van der Waals surface area contributed by atoms with Crippen molar-refractivity contribution in [2.24, 2.45) is 0 Å². The van der Waals surface area contributed by atoms with E-state index in [1.807, 2.05) is 13.1 Å². The third kappa shape index (κ3) is 1.62. The summed E-state index contributed by atoms with van der Waals surface area (Å²) >= 11 is 0. The average Bonchev–Trinajstić information content (AvgIpc) is 2.83. The molecule has 0 radical (unpaired) electrons. The van der Waals surface area contributed by atoms with Gasteiger partial charge in [-0.15, -0.1) is 0 Å². The Bertz CT molecular complexity index is 544. The zero-order valence-electron chi connectivity index (χ0n) is 10.4. The van der Waals surface area contributed by atoms with Crippen LogP contribution in [-0.2, 0) is 22.0 Å². The van der Waals surface area contributed by atoms with Crippen LogP contribution in [0.3, 0.4) is 0 Å². The molecule has 1 aromatic rings. The molecule has 6 heteroatoms. The van der Waals surface area contributed by atoms with Crippen LogP contribution >= 0.6 is 0 Å². The summed E-state index contributed by atoms with van der Waals surface area (Å²) in [7, 11) is -2.99. The molecule has 2 saturated heterocycles. The molecule has 2 unspecified atom stereocenters. The van der Waals surface area contributed by atoms with Gasteiger partial charge in [0.1, 0.15) is 0 Å². The SMILES string of the molecule is CCn1cc(C2(O)CC3CCC(C2)S3(=O)=O)cn1. The summed E-state index contributed by atoms with van der Waals surface area (Å²) < 4.78 is 25.8. The molecule has 2 atom stereocenters. The minimum atomic E-state index is -2.99. The van der Waals surface area contributed by atoms with Gasteiger partial charge >= 0.3 is 0 Å². The van der Waals surface area contributed by atoms with Crippen LogP contribution in [0.5, 0.6) is 0 Å². The second-order valence-corrected chi connectivity index (χ2v) is 7.95. The second-order valence-electron chi connectivity index (χ2n) is 5.43. The molecule has 5 nitrogen and oxygen atoms in total. The third-order valence-electron chi connectivity index (χ3n) is 4.37. The number of aromatic nitrogens is 2. The summed E-state index contributed by atoms with van der Waals surface area (Å²) in [4.78, 5) is 0. The molecule has 2 aliphatic heterocycles. The van der Waals surface area contributed by atoms with Crippen LogP contribution in [0.25, 0.3) is 0 Å². The van der Waals surface area contributed by atoms with Crippen molar-refractivity contribution < 1.29 is 13.5 Å². The van der Waals surface area contributed by atoms with Crippen molar-refractivity contribution in [3.63, 3.8) is 0 Å². The van der Waals surface area contributed by atoms with Gasteiger partial charge in [0, 0.05) is 18.3 Å². The predicted molar refractivity (Wildman–Crippen MR) is 66.8 cm³/mol.